The molecule has 0 radical (unpaired) electrons. The quantitative estimate of drug-likeness (QED) is 0.802. The van der Waals surface area contributed by atoms with Crippen molar-refractivity contribution < 1.29 is 4.74 Å². The summed E-state index contributed by atoms with van der Waals surface area (Å²) in [5, 5.41) is 3.51. The van der Waals surface area contributed by atoms with Crippen LogP contribution in [0.3, 0.4) is 0 Å². The molecule has 2 aliphatic heterocycles. The van der Waals surface area contributed by atoms with E-state index in [4.69, 9.17) is 4.74 Å². The van der Waals surface area contributed by atoms with Crippen molar-refractivity contribution in [2.75, 3.05) is 19.7 Å². The zero-order chi connectivity index (χ0) is 11.7. The van der Waals surface area contributed by atoms with Gasteiger partial charge in [-0.25, -0.2) is 0 Å². The molecule has 0 amide bonds. The summed E-state index contributed by atoms with van der Waals surface area (Å²) in [5.41, 5.74) is 2.84. The number of nitrogens with one attached hydrogen (secondary N) is 1. The van der Waals surface area contributed by atoms with Gasteiger partial charge < -0.3 is 10.1 Å². The Balaban J connectivity index is 1.96. The fourth-order valence-electron chi connectivity index (χ4n) is 3.11. The summed E-state index contributed by atoms with van der Waals surface area (Å²) >= 11 is 0. The van der Waals surface area contributed by atoms with Crippen molar-refractivity contribution in [1.29, 1.82) is 0 Å². The third-order valence-electron chi connectivity index (χ3n) is 4.19. The molecule has 1 fully saturated rings. The van der Waals surface area contributed by atoms with Crippen LogP contribution in [0.1, 0.15) is 36.8 Å². The summed E-state index contributed by atoms with van der Waals surface area (Å²) in [6, 6.07) is 6.68. The van der Waals surface area contributed by atoms with Crippen molar-refractivity contribution >= 4 is 0 Å². The minimum Gasteiger partial charge on any atom is -0.493 e. The molecule has 3 rings (SSSR count). The number of benzene rings is 1. The summed E-state index contributed by atoms with van der Waals surface area (Å²) in [6.07, 6.45) is 3.61. The van der Waals surface area contributed by atoms with Crippen LogP contribution >= 0.6 is 0 Å². The number of rotatable bonds is 1. The summed E-state index contributed by atoms with van der Waals surface area (Å²) < 4.78 is 5.93. The topological polar surface area (TPSA) is 21.3 Å². The third-order valence-corrected chi connectivity index (χ3v) is 4.19. The minimum atomic E-state index is 0.622. The second-order valence-corrected chi connectivity index (χ2v) is 5.36. The molecule has 1 N–H and O–H groups in total. The van der Waals surface area contributed by atoms with Gasteiger partial charge in [0.05, 0.1) is 6.61 Å². The Labute approximate surface area is 103 Å². The minimum absolute atomic E-state index is 0.622. The molecule has 2 nitrogen and oxygen atoms in total. The van der Waals surface area contributed by atoms with E-state index in [2.05, 4.69) is 30.4 Å². The third kappa shape index (κ3) is 2.06. The number of hydrogen-bond donors (Lipinski definition) is 1. The molecular formula is C15H21NO. The number of aryl methyl sites for hydroxylation is 1. The first-order chi connectivity index (χ1) is 8.36. The lowest BCUT2D eigenvalue weighted by atomic mass is 9.81. The van der Waals surface area contributed by atoms with Gasteiger partial charge in [0, 0.05) is 12.5 Å². The van der Waals surface area contributed by atoms with Gasteiger partial charge in [-0.05, 0) is 42.9 Å². The van der Waals surface area contributed by atoms with E-state index >= 15 is 0 Å². The second kappa shape index (κ2) is 4.69. The van der Waals surface area contributed by atoms with Gasteiger partial charge in [-0.15, -0.1) is 0 Å². The molecule has 17 heavy (non-hydrogen) atoms. The van der Waals surface area contributed by atoms with Crippen molar-refractivity contribution in [1.82, 2.24) is 5.32 Å². The highest BCUT2D eigenvalue weighted by Gasteiger charge is 2.27. The molecule has 2 aliphatic rings. The van der Waals surface area contributed by atoms with Crippen LogP contribution in [-0.2, 0) is 6.42 Å². The van der Waals surface area contributed by atoms with E-state index in [1.807, 2.05) is 0 Å². The molecule has 1 saturated heterocycles. The average Bonchev–Trinajstić information content (AvgIpc) is 2.39. The van der Waals surface area contributed by atoms with Gasteiger partial charge >= 0.3 is 0 Å². The zero-order valence-corrected chi connectivity index (χ0v) is 10.5. The van der Waals surface area contributed by atoms with Gasteiger partial charge in [0.15, 0.2) is 0 Å². The predicted octanol–water partition coefficient (Wildman–Crippen LogP) is 2.72. The number of piperidine rings is 1. The normalized spacial score (nSPS) is 28.3. The standard InChI is InChI=1S/C15H21NO/c1-11-7-8-16-10-14(11)13-6-2-4-12-5-3-9-17-15(12)13/h2,4,6,11,14,16H,3,5,7-10H2,1H3. The Morgan fingerprint density at radius 2 is 2.29 bits per heavy atom. The molecule has 1 aromatic rings. The van der Waals surface area contributed by atoms with Crippen LogP contribution in [0.25, 0.3) is 0 Å². The fourth-order valence-corrected chi connectivity index (χ4v) is 3.11. The molecule has 1 aromatic carbocycles. The smallest absolute Gasteiger partial charge is 0.126 e. The first-order valence-electron chi connectivity index (χ1n) is 6.81. The highest BCUT2D eigenvalue weighted by atomic mass is 16.5. The van der Waals surface area contributed by atoms with E-state index < -0.39 is 0 Å². The molecule has 2 heterocycles. The van der Waals surface area contributed by atoms with Crippen molar-refractivity contribution in [3.8, 4) is 5.75 Å². The molecule has 0 bridgehead atoms. The number of para-hydroxylation sites is 1. The average molecular weight is 231 g/mol. The maximum atomic E-state index is 5.93. The molecule has 0 aromatic heterocycles. The van der Waals surface area contributed by atoms with E-state index in [-0.39, 0.29) is 0 Å². The molecule has 0 saturated carbocycles. The number of ether oxygens (including phenoxy) is 1. The van der Waals surface area contributed by atoms with E-state index in [0.29, 0.717) is 5.92 Å². The summed E-state index contributed by atoms with van der Waals surface area (Å²) in [7, 11) is 0. The van der Waals surface area contributed by atoms with Crippen molar-refractivity contribution in [2.45, 2.75) is 32.1 Å². The Bertz CT molecular complexity index is 402. The SMILES string of the molecule is CC1CCNCC1c1cccc2c1OCCC2. The molecule has 2 unspecified atom stereocenters. The first-order valence-corrected chi connectivity index (χ1v) is 6.81. The number of fused-ring (bicyclic) bond motifs is 1. The van der Waals surface area contributed by atoms with Gasteiger partial charge in [-0.3, -0.25) is 0 Å². The van der Waals surface area contributed by atoms with Crippen LogP contribution in [-0.4, -0.2) is 19.7 Å². The van der Waals surface area contributed by atoms with E-state index in [9.17, 15) is 0 Å². The Morgan fingerprint density at radius 1 is 1.35 bits per heavy atom. The highest BCUT2D eigenvalue weighted by Crippen LogP contribution is 2.38. The van der Waals surface area contributed by atoms with Crippen molar-refractivity contribution in [3.63, 3.8) is 0 Å². The number of hydrogen-bond acceptors (Lipinski definition) is 2. The lowest BCUT2D eigenvalue weighted by Gasteiger charge is -2.32. The maximum absolute atomic E-state index is 5.93. The maximum Gasteiger partial charge on any atom is 0.126 e. The fraction of sp³-hybridized carbons (Fsp3) is 0.600. The Hall–Kier alpha value is -1.02. The first kappa shape index (κ1) is 11.1. The highest BCUT2D eigenvalue weighted by molar-refractivity contribution is 5.45. The lowest BCUT2D eigenvalue weighted by Crippen LogP contribution is -2.34. The predicted molar refractivity (Wildman–Crippen MR) is 69.6 cm³/mol. The molecule has 2 heteroatoms. The summed E-state index contributed by atoms with van der Waals surface area (Å²) in [6.45, 7) is 5.51. The molecule has 92 valence electrons. The molecular weight excluding hydrogens is 210 g/mol. The monoisotopic (exact) mass is 231 g/mol. The van der Waals surface area contributed by atoms with Crippen LogP contribution in [0, 0.1) is 5.92 Å². The Kier molecular flexibility index (Phi) is 3.06. The largest absolute Gasteiger partial charge is 0.493 e. The van der Waals surface area contributed by atoms with Crippen LogP contribution < -0.4 is 10.1 Å². The van der Waals surface area contributed by atoms with Crippen molar-refractivity contribution in [2.24, 2.45) is 5.92 Å². The van der Waals surface area contributed by atoms with Crippen LogP contribution in [0.4, 0.5) is 0 Å². The van der Waals surface area contributed by atoms with Crippen LogP contribution in [0.15, 0.2) is 18.2 Å². The van der Waals surface area contributed by atoms with Crippen LogP contribution in [0.5, 0.6) is 5.75 Å². The zero-order valence-electron chi connectivity index (χ0n) is 10.5. The van der Waals surface area contributed by atoms with Gasteiger partial charge in [-0.1, -0.05) is 25.1 Å². The van der Waals surface area contributed by atoms with Crippen LogP contribution in [0.2, 0.25) is 0 Å². The lowest BCUT2D eigenvalue weighted by molar-refractivity contribution is 0.273. The van der Waals surface area contributed by atoms with Gasteiger partial charge in [0.2, 0.25) is 0 Å². The van der Waals surface area contributed by atoms with Gasteiger partial charge in [0.1, 0.15) is 5.75 Å². The van der Waals surface area contributed by atoms with Gasteiger partial charge in [-0.2, -0.15) is 0 Å². The van der Waals surface area contributed by atoms with Gasteiger partial charge in [0.25, 0.3) is 0 Å². The Morgan fingerprint density at radius 3 is 3.18 bits per heavy atom. The molecule has 0 spiro atoms. The summed E-state index contributed by atoms with van der Waals surface area (Å²) in [5.74, 6) is 2.57. The van der Waals surface area contributed by atoms with E-state index in [0.717, 1.165) is 32.0 Å². The second-order valence-electron chi connectivity index (χ2n) is 5.36. The summed E-state index contributed by atoms with van der Waals surface area (Å²) in [4.78, 5) is 0. The molecule has 2 atom stereocenters. The van der Waals surface area contributed by atoms with Crippen molar-refractivity contribution in [3.05, 3.63) is 29.3 Å². The molecule has 0 aliphatic carbocycles. The van der Waals surface area contributed by atoms with E-state index in [1.54, 1.807) is 0 Å². The van der Waals surface area contributed by atoms with E-state index in [1.165, 1.54) is 29.7 Å².